The molecule has 2 atom stereocenters. The maximum Gasteiger partial charge on any atom is 0.0600 e. The fraction of sp³-hybridized carbons (Fsp3) is 1.00. The van der Waals surface area contributed by atoms with Crippen LogP contribution >= 0.6 is 12.6 Å². The van der Waals surface area contributed by atoms with Gasteiger partial charge in [-0.1, -0.05) is 0 Å². The first-order chi connectivity index (χ1) is 7.28. The van der Waals surface area contributed by atoms with Crippen LogP contribution in [-0.2, 0) is 9.47 Å². The zero-order valence-corrected chi connectivity index (χ0v) is 10.5. The van der Waals surface area contributed by atoms with E-state index >= 15 is 0 Å². The Morgan fingerprint density at radius 1 is 1.27 bits per heavy atom. The molecule has 88 valence electrons. The van der Waals surface area contributed by atoms with Crippen LogP contribution in [0.25, 0.3) is 0 Å². The Hall–Kier alpha value is 0.270. The van der Waals surface area contributed by atoms with Crippen molar-refractivity contribution in [2.24, 2.45) is 5.41 Å². The summed E-state index contributed by atoms with van der Waals surface area (Å²) in [5.41, 5.74) is 0.434. The second kappa shape index (κ2) is 5.07. The molecule has 0 saturated heterocycles. The molecule has 2 nitrogen and oxygen atoms in total. The summed E-state index contributed by atoms with van der Waals surface area (Å²) in [7, 11) is 1.81. The topological polar surface area (TPSA) is 18.5 Å². The van der Waals surface area contributed by atoms with E-state index in [0.717, 1.165) is 18.8 Å². The monoisotopic (exact) mass is 230 g/mol. The van der Waals surface area contributed by atoms with Gasteiger partial charge in [0.25, 0.3) is 0 Å². The highest BCUT2D eigenvalue weighted by Gasteiger charge is 2.42. The van der Waals surface area contributed by atoms with Crippen LogP contribution in [0, 0.1) is 5.41 Å². The summed E-state index contributed by atoms with van der Waals surface area (Å²) in [4.78, 5) is 0. The fourth-order valence-corrected chi connectivity index (χ4v) is 2.69. The molecular weight excluding hydrogens is 208 g/mol. The number of rotatable bonds is 5. The molecule has 2 saturated carbocycles. The molecule has 2 fully saturated rings. The van der Waals surface area contributed by atoms with E-state index in [9.17, 15) is 0 Å². The molecule has 2 unspecified atom stereocenters. The highest BCUT2D eigenvalue weighted by atomic mass is 32.1. The summed E-state index contributed by atoms with van der Waals surface area (Å²) >= 11 is 4.39. The Morgan fingerprint density at radius 3 is 2.60 bits per heavy atom. The van der Waals surface area contributed by atoms with Gasteiger partial charge < -0.3 is 9.47 Å². The molecular formula is C12H22O2S. The maximum absolute atomic E-state index is 6.00. The van der Waals surface area contributed by atoms with Crippen molar-refractivity contribution >= 4 is 12.6 Å². The van der Waals surface area contributed by atoms with Gasteiger partial charge in [0.2, 0.25) is 0 Å². The molecule has 0 aromatic carbocycles. The molecule has 3 heteroatoms. The normalized spacial score (nSPS) is 34.0. The van der Waals surface area contributed by atoms with Crippen molar-refractivity contribution in [1.29, 1.82) is 0 Å². The average Bonchev–Trinajstić information content (AvgIpc) is 3.07. The molecule has 0 aromatic rings. The standard InChI is InChI=1S/C12H22O2S/c1-13-10-3-2-4-11(7-10)14-8-12(9-15)5-6-12/h10-11,15H,2-9H2,1H3. The van der Waals surface area contributed by atoms with Crippen molar-refractivity contribution in [3.8, 4) is 0 Å². The largest absolute Gasteiger partial charge is 0.381 e. The SMILES string of the molecule is COC1CCCC(OCC2(CS)CC2)C1. The van der Waals surface area contributed by atoms with E-state index in [2.05, 4.69) is 12.6 Å². The smallest absolute Gasteiger partial charge is 0.0600 e. The molecule has 0 spiro atoms. The van der Waals surface area contributed by atoms with E-state index in [-0.39, 0.29) is 0 Å². The van der Waals surface area contributed by atoms with Crippen LogP contribution in [0.4, 0.5) is 0 Å². The Labute approximate surface area is 98.1 Å². The molecule has 2 aliphatic rings. The van der Waals surface area contributed by atoms with E-state index in [0.29, 0.717) is 17.6 Å². The van der Waals surface area contributed by atoms with Crippen LogP contribution in [0.3, 0.4) is 0 Å². The third kappa shape index (κ3) is 3.11. The van der Waals surface area contributed by atoms with Crippen LogP contribution in [0.15, 0.2) is 0 Å². The summed E-state index contributed by atoms with van der Waals surface area (Å²) in [6.45, 7) is 0.914. The molecule has 0 aliphatic heterocycles. The molecule has 0 N–H and O–H groups in total. The van der Waals surface area contributed by atoms with Crippen molar-refractivity contribution in [2.75, 3.05) is 19.5 Å². The minimum absolute atomic E-state index is 0.426. The number of hydrogen-bond donors (Lipinski definition) is 1. The second-order valence-electron chi connectivity index (χ2n) is 5.12. The van der Waals surface area contributed by atoms with Crippen LogP contribution in [0.2, 0.25) is 0 Å². The molecule has 2 aliphatic carbocycles. The van der Waals surface area contributed by atoms with Gasteiger partial charge in [-0.15, -0.1) is 0 Å². The van der Waals surface area contributed by atoms with Gasteiger partial charge in [0.15, 0.2) is 0 Å². The van der Waals surface area contributed by atoms with Crippen molar-refractivity contribution in [2.45, 2.75) is 50.7 Å². The van der Waals surface area contributed by atoms with Crippen LogP contribution in [0.1, 0.15) is 38.5 Å². The molecule has 0 bridgehead atoms. The molecule has 0 radical (unpaired) electrons. The number of ether oxygens (including phenoxy) is 2. The summed E-state index contributed by atoms with van der Waals surface area (Å²) in [6, 6.07) is 0. The third-order valence-electron chi connectivity index (χ3n) is 3.83. The van der Waals surface area contributed by atoms with E-state index < -0.39 is 0 Å². The predicted molar refractivity (Wildman–Crippen MR) is 64.5 cm³/mol. The van der Waals surface area contributed by atoms with Gasteiger partial charge in [0, 0.05) is 12.5 Å². The van der Waals surface area contributed by atoms with Gasteiger partial charge in [0.05, 0.1) is 18.8 Å². The van der Waals surface area contributed by atoms with Gasteiger partial charge in [-0.2, -0.15) is 12.6 Å². The first-order valence-corrected chi connectivity index (χ1v) is 6.66. The van der Waals surface area contributed by atoms with Crippen LogP contribution in [0.5, 0.6) is 0 Å². The molecule has 0 heterocycles. The van der Waals surface area contributed by atoms with E-state index in [1.807, 2.05) is 7.11 Å². The lowest BCUT2D eigenvalue weighted by atomic mass is 9.95. The summed E-state index contributed by atoms with van der Waals surface area (Å²) < 4.78 is 11.4. The lowest BCUT2D eigenvalue weighted by Crippen LogP contribution is -2.29. The van der Waals surface area contributed by atoms with Crippen molar-refractivity contribution in [3.63, 3.8) is 0 Å². The summed E-state index contributed by atoms with van der Waals surface area (Å²) in [6.07, 6.45) is 8.21. The Kier molecular flexibility index (Phi) is 3.97. The van der Waals surface area contributed by atoms with Gasteiger partial charge in [-0.05, 0) is 44.3 Å². The molecule has 15 heavy (non-hydrogen) atoms. The van der Waals surface area contributed by atoms with E-state index in [1.54, 1.807) is 0 Å². The second-order valence-corrected chi connectivity index (χ2v) is 5.43. The maximum atomic E-state index is 6.00. The highest BCUT2D eigenvalue weighted by Crippen LogP contribution is 2.47. The average molecular weight is 230 g/mol. The van der Waals surface area contributed by atoms with Crippen molar-refractivity contribution < 1.29 is 9.47 Å². The lowest BCUT2D eigenvalue weighted by molar-refractivity contribution is -0.0409. The number of methoxy groups -OCH3 is 1. The van der Waals surface area contributed by atoms with Crippen LogP contribution < -0.4 is 0 Å². The van der Waals surface area contributed by atoms with Crippen molar-refractivity contribution in [1.82, 2.24) is 0 Å². The first kappa shape index (κ1) is 11.7. The minimum Gasteiger partial charge on any atom is -0.381 e. The fourth-order valence-electron chi connectivity index (χ4n) is 2.29. The summed E-state index contributed by atoms with van der Waals surface area (Å²) in [5, 5.41) is 0. The van der Waals surface area contributed by atoms with Gasteiger partial charge in [0.1, 0.15) is 0 Å². The predicted octanol–water partition coefficient (Wildman–Crippen LogP) is 2.67. The van der Waals surface area contributed by atoms with Crippen LogP contribution in [-0.4, -0.2) is 31.7 Å². The molecule has 0 aromatic heterocycles. The zero-order chi connectivity index (χ0) is 10.7. The first-order valence-electron chi connectivity index (χ1n) is 6.03. The van der Waals surface area contributed by atoms with Gasteiger partial charge >= 0.3 is 0 Å². The minimum atomic E-state index is 0.426. The zero-order valence-electron chi connectivity index (χ0n) is 9.58. The Bertz CT molecular complexity index is 204. The van der Waals surface area contributed by atoms with E-state index in [4.69, 9.17) is 9.47 Å². The van der Waals surface area contributed by atoms with Gasteiger partial charge in [-0.25, -0.2) is 0 Å². The third-order valence-corrected chi connectivity index (χ3v) is 4.50. The lowest BCUT2D eigenvalue weighted by Gasteiger charge is -2.29. The molecule has 0 amide bonds. The van der Waals surface area contributed by atoms with Crippen molar-refractivity contribution in [3.05, 3.63) is 0 Å². The highest BCUT2D eigenvalue weighted by molar-refractivity contribution is 7.80. The van der Waals surface area contributed by atoms with E-state index in [1.165, 1.54) is 32.1 Å². The number of thiol groups is 1. The van der Waals surface area contributed by atoms with Gasteiger partial charge in [-0.3, -0.25) is 0 Å². The Morgan fingerprint density at radius 2 is 2.00 bits per heavy atom. The number of hydrogen-bond acceptors (Lipinski definition) is 3. The summed E-state index contributed by atoms with van der Waals surface area (Å²) in [5.74, 6) is 0.980. The Balaban J connectivity index is 1.70. The quantitative estimate of drug-likeness (QED) is 0.732. The molecule has 2 rings (SSSR count).